The number of pyridine rings is 1. The number of rotatable bonds is 3. The lowest BCUT2D eigenvalue weighted by molar-refractivity contribution is 1.38. The molecule has 1 heterocycles. The Morgan fingerprint density at radius 2 is 1.17 bits per heavy atom. The van der Waals surface area contributed by atoms with E-state index in [1.807, 2.05) is 12.1 Å². The van der Waals surface area contributed by atoms with Gasteiger partial charge in [-0.3, -0.25) is 0 Å². The van der Waals surface area contributed by atoms with Crippen molar-refractivity contribution in [2.45, 2.75) is 27.7 Å². The van der Waals surface area contributed by atoms with Gasteiger partial charge in [-0.25, -0.2) is 4.98 Å². The zero-order valence-electron chi connectivity index (χ0n) is 14.7. The molecular formula is C21H23N2P. The summed E-state index contributed by atoms with van der Waals surface area (Å²) in [6.45, 7) is 8.60. The van der Waals surface area contributed by atoms with Crippen molar-refractivity contribution in [3.63, 3.8) is 0 Å². The third-order valence-electron chi connectivity index (χ3n) is 3.91. The van der Waals surface area contributed by atoms with Crippen molar-refractivity contribution >= 4 is 29.8 Å². The van der Waals surface area contributed by atoms with Crippen molar-refractivity contribution in [3.05, 3.63) is 76.9 Å². The van der Waals surface area contributed by atoms with Gasteiger partial charge in [0.15, 0.2) is 0 Å². The van der Waals surface area contributed by atoms with E-state index in [2.05, 4.69) is 75.1 Å². The maximum Gasteiger partial charge on any atom is 0.124 e. The van der Waals surface area contributed by atoms with Gasteiger partial charge >= 0.3 is 0 Å². The Labute approximate surface area is 145 Å². The lowest BCUT2D eigenvalue weighted by Gasteiger charge is -2.20. The van der Waals surface area contributed by atoms with Gasteiger partial charge in [0.25, 0.3) is 0 Å². The van der Waals surface area contributed by atoms with Gasteiger partial charge in [-0.1, -0.05) is 64.7 Å². The molecule has 0 bridgehead atoms. The summed E-state index contributed by atoms with van der Waals surface area (Å²) in [6.07, 6.45) is 0. The summed E-state index contributed by atoms with van der Waals surface area (Å²) in [5.41, 5.74) is 12.2. The number of nitrogen functional groups attached to an aromatic ring is 1. The molecule has 3 rings (SSSR count). The Morgan fingerprint density at radius 1 is 0.708 bits per heavy atom. The molecule has 1 aromatic heterocycles. The number of benzene rings is 2. The van der Waals surface area contributed by atoms with Gasteiger partial charge in [0, 0.05) is 7.92 Å². The van der Waals surface area contributed by atoms with Gasteiger partial charge in [-0.15, -0.1) is 0 Å². The van der Waals surface area contributed by atoms with Crippen molar-refractivity contribution < 1.29 is 0 Å². The number of hydrogen-bond acceptors (Lipinski definition) is 2. The first kappa shape index (κ1) is 16.7. The Hall–Kier alpha value is -2.18. The van der Waals surface area contributed by atoms with E-state index in [0.29, 0.717) is 5.82 Å². The van der Waals surface area contributed by atoms with Crippen LogP contribution in [0.4, 0.5) is 5.82 Å². The van der Waals surface area contributed by atoms with E-state index in [-0.39, 0.29) is 0 Å². The quantitative estimate of drug-likeness (QED) is 0.743. The number of aryl methyl sites for hydroxylation is 4. The molecule has 0 atom stereocenters. The summed E-state index contributed by atoms with van der Waals surface area (Å²) >= 11 is 0. The fourth-order valence-electron chi connectivity index (χ4n) is 3.14. The van der Waals surface area contributed by atoms with Gasteiger partial charge in [-0.05, 0) is 50.4 Å². The first-order valence-corrected chi connectivity index (χ1v) is 9.46. The van der Waals surface area contributed by atoms with Crippen molar-refractivity contribution in [1.29, 1.82) is 0 Å². The molecule has 24 heavy (non-hydrogen) atoms. The van der Waals surface area contributed by atoms with Crippen molar-refractivity contribution in [1.82, 2.24) is 4.98 Å². The Balaban J connectivity index is 2.24. The minimum absolute atomic E-state index is 0.578. The summed E-state index contributed by atoms with van der Waals surface area (Å²) in [7, 11) is -0.718. The molecular weight excluding hydrogens is 311 g/mol. The predicted molar refractivity (Wildman–Crippen MR) is 106 cm³/mol. The van der Waals surface area contributed by atoms with E-state index in [1.54, 1.807) is 0 Å². The van der Waals surface area contributed by atoms with Gasteiger partial charge in [-0.2, -0.15) is 0 Å². The van der Waals surface area contributed by atoms with Crippen LogP contribution < -0.4 is 21.8 Å². The first-order chi connectivity index (χ1) is 11.4. The van der Waals surface area contributed by atoms with Gasteiger partial charge in [0.05, 0.1) is 5.44 Å². The average molecular weight is 334 g/mol. The Kier molecular flexibility index (Phi) is 4.69. The molecule has 3 aromatic rings. The summed E-state index contributed by atoms with van der Waals surface area (Å²) in [6, 6.07) is 19.5. The summed E-state index contributed by atoms with van der Waals surface area (Å²) in [4.78, 5) is 4.65. The van der Waals surface area contributed by atoms with Crippen LogP contribution in [0.3, 0.4) is 0 Å². The molecule has 0 radical (unpaired) electrons. The number of nitrogens with two attached hydrogens (primary N) is 1. The average Bonchev–Trinajstić information content (AvgIpc) is 2.45. The molecule has 0 saturated heterocycles. The first-order valence-electron chi connectivity index (χ1n) is 8.11. The minimum Gasteiger partial charge on any atom is -0.384 e. The molecule has 0 spiro atoms. The van der Waals surface area contributed by atoms with Crippen LogP contribution in [0.15, 0.2) is 54.6 Å². The second kappa shape index (κ2) is 6.75. The fraction of sp³-hybridized carbons (Fsp3) is 0.190. The zero-order chi connectivity index (χ0) is 17.3. The summed E-state index contributed by atoms with van der Waals surface area (Å²) in [5.74, 6) is 0.578. The number of anilines is 1. The zero-order valence-corrected chi connectivity index (χ0v) is 15.6. The monoisotopic (exact) mass is 334 g/mol. The highest BCUT2D eigenvalue weighted by Crippen LogP contribution is 2.33. The molecule has 122 valence electrons. The molecule has 0 aliphatic carbocycles. The lowest BCUT2D eigenvalue weighted by Crippen LogP contribution is -2.24. The van der Waals surface area contributed by atoms with E-state index in [4.69, 9.17) is 5.73 Å². The lowest BCUT2D eigenvalue weighted by atomic mass is 10.2. The van der Waals surface area contributed by atoms with E-state index in [1.165, 1.54) is 32.9 Å². The van der Waals surface area contributed by atoms with Crippen molar-refractivity contribution in [3.8, 4) is 0 Å². The molecule has 3 heteroatoms. The summed E-state index contributed by atoms with van der Waals surface area (Å²) < 4.78 is 0. The van der Waals surface area contributed by atoms with Crippen molar-refractivity contribution in [2.75, 3.05) is 5.73 Å². The normalized spacial score (nSPS) is 11.0. The van der Waals surface area contributed by atoms with Crippen LogP contribution in [-0.2, 0) is 0 Å². The van der Waals surface area contributed by atoms with E-state index in [9.17, 15) is 0 Å². The topological polar surface area (TPSA) is 38.9 Å². The smallest absolute Gasteiger partial charge is 0.124 e. The molecule has 0 aliphatic rings. The van der Waals surface area contributed by atoms with Crippen LogP contribution in [0.5, 0.6) is 0 Å². The summed E-state index contributed by atoms with van der Waals surface area (Å²) in [5, 5.41) is 2.65. The third-order valence-corrected chi connectivity index (χ3v) is 6.17. The Morgan fingerprint density at radius 3 is 1.58 bits per heavy atom. The standard InChI is InChI=1S/C21H23N2P/c1-14-8-15(2)11-18(10-14)24(21-7-5-6-20(22)23-21)19-12-16(3)9-17(4)13-19/h5-13H,1-4H3,(H2,22,23). The van der Waals surface area contributed by atoms with Gasteiger partial charge < -0.3 is 5.73 Å². The van der Waals surface area contributed by atoms with Crippen LogP contribution in [0.25, 0.3) is 0 Å². The minimum atomic E-state index is -0.718. The maximum atomic E-state index is 5.97. The maximum absolute atomic E-state index is 5.97. The van der Waals surface area contributed by atoms with Crippen LogP contribution in [0, 0.1) is 27.7 Å². The highest BCUT2D eigenvalue weighted by Gasteiger charge is 2.19. The fourth-order valence-corrected chi connectivity index (χ4v) is 5.75. The molecule has 2 aromatic carbocycles. The number of aromatic nitrogens is 1. The Bertz CT molecular complexity index is 795. The molecule has 2 N–H and O–H groups in total. The van der Waals surface area contributed by atoms with Crippen LogP contribution in [-0.4, -0.2) is 4.98 Å². The van der Waals surface area contributed by atoms with Gasteiger partial charge in [0.2, 0.25) is 0 Å². The highest BCUT2D eigenvalue weighted by atomic mass is 31.1. The number of hydrogen-bond donors (Lipinski definition) is 1. The van der Waals surface area contributed by atoms with Gasteiger partial charge in [0.1, 0.15) is 5.82 Å². The van der Waals surface area contributed by atoms with Crippen LogP contribution in [0.1, 0.15) is 22.3 Å². The second-order valence-electron chi connectivity index (χ2n) is 6.45. The van der Waals surface area contributed by atoms with E-state index < -0.39 is 7.92 Å². The molecule has 2 nitrogen and oxygen atoms in total. The molecule has 0 amide bonds. The second-order valence-corrected chi connectivity index (χ2v) is 8.61. The third kappa shape index (κ3) is 3.66. The van der Waals surface area contributed by atoms with E-state index >= 15 is 0 Å². The highest BCUT2D eigenvalue weighted by molar-refractivity contribution is 7.79. The van der Waals surface area contributed by atoms with Crippen LogP contribution >= 0.6 is 7.92 Å². The molecule has 0 unspecified atom stereocenters. The predicted octanol–water partition coefficient (Wildman–Crippen LogP) is 3.66. The largest absolute Gasteiger partial charge is 0.384 e. The molecule has 0 saturated carbocycles. The van der Waals surface area contributed by atoms with Crippen molar-refractivity contribution in [2.24, 2.45) is 0 Å². The molecule has 0 aliphatic heterocycles. The number of nitrogens with zero attached hydrogens (tertiary/aromatic N) is 1. The van der Waals surface area contributed by atoms with Crippen LogP contribution in [0.2, 0.25) is 0 Å². The molecule has 0 fully saturated rings. The SMILES string of the molecule is Cc1cc(C)cc(P(c2cc(C)cc(C)c2)c2cccc(N)n2)c1. The van der Waals surface area contributed by atoms with E-state index in [0.717, 1.165) is 5.44 Å².